The van der Waals surface area contributed by atoms with Gasteiger partial charge in [-0.3, -0.25) is 0 Å². The summed E-state index contributed by atoms with van der Waals surface area (Å²) in [4.78, 5) is 7.23. The molecule has 1 aromatic rings. The molecule has 0 aliphatic carbocycles. The Balaban J connectivity index is 1.75. The van der Waals surface area contributed by atoms with E-state index in [2.05, 4.69) is 33.1 Å². The Morgan fingerprint density at radius 2 is 2.19 bits per heavy atom. The van der Waals surface area contributed by atoms with Crippen molar-refractivity contribution in [3.63, 3.8) is 0 Å². The van der Waals surface area contributed by atoms with E-state index in [-0.39, 0.29) is 0 Å². The van der Waals surface area contributed by atoms with Crippen molar-refractivity contribution in [3.8, 4) is 11.5 Å². The molecule has 0 radical (unpaired) electrons. The SMILES string of the molecule is CCNC(=NCc1cc(Br)c(OC)c(OC)c1)N1CCC2(CCOC2)C1. The number of hydrogen-bond donors (Lipinski definition) is 1. The van der Waals surface area contributed by atoms with E-state index in [9.17, 15) is 0 Å². The van der Waals surface area contributed by atoms with Crippen LogP contribution in [0.4, 0.5) is 0 Å². The zero-order chi connectivity index (χ0) is 18.6. The first-order valence-electron chi connectivity index (χ1n) is 9.12. The Bertz CT molecular complexity index is 660. The minimum Gasteiger partial charge on any atom is -0.493 e. The molecule has 1 N–H and O–H groups in total. The van der Waals surface area contributed by atoms with Crippen LogP contribution in [0.1, 0.15) is 25.3 Å². The molecule has 0 saturated carbocycles. The van der Waals surface area contributed by atoms with Crippen molar-refractivity contribution in [1.82, 2.24) is 10.2 Å². The molecule has 7 heteroatoms. The van der Waals surface area contributed by atoms with Crippen molar-refractivity contribution in [3.05, 3.63) is 22.2 Å². The first-order chi connectivity index (χ1) is 12.6. The molecule has 3 rings (SSSR count). The number of aliphatic imine (C=N–C) groups is 1. The van der Waals surface area contributed by atoms with E-state index >= 15 is 0 Å². The Hall–Kier alpha value is -1.47. The van der Waals surface area contributed by atoms with Crippen LogP contribution >= 0.6 is 15.9 Å². The second-order valence-electron chi connectivity index (χ2n) is 6.96. The van der Waals surface area contributed by atoms with E-state index in [4.69, 9.17) is 19.2 Å². The first kappa shape index (κ1) is 19.3. The third-order valence-corrected chi connectivity index (χ3v) is 5.75. The fourth-order valence-corrected chi connectivity index (χ4v) is 4.39. The summed E-state index contributed by atoms with van der Waals surface area (Å²) in [5, 5.41) is 3.43. The molecular formula is C19H28BrN3O3. The molecule has 6 nitrogen and oxygen atoms in total. The summed E-state index contributed by atoms with van der Waals surface area (Å²) in [6.45, 7) is 7.37. The van der Waals surface area contributed by atoms with E-state index in [1.54, 1.807) is 14.2 Å². The lowest BCUT2D eigenvalue weighted by molar-refractivity contribution is 0.156. The van der Waals surface area contributed by atoms with Crippen LogP contribution in [0.5, 0.6) is 11.5 Å². The summed E-state index contributed by atoms with van der Waals surface area (Å²) in [5.74, 6) is 2.39. The molecule has 2 aliphatic rings. The van der Waals surface area contributed by atoms with Crippen molar-refractivity contribution in [2.45, 2.75) is 26.3 Å². The van der Waals surface area contributed by atoms with Crippen molar-refractivity contribution in [2.75, 3.05) is 47.1 Å². The van der Waals surface area contributed by atoms with Crippen molar-refractivity contribution in [2.24, 2.45) is 10.4 Å². The minimum atomic E-state index is 0.322. The Morgan fingerprint density at radius 1 is 1.35 bits per heavy atom. The van der Waals surface area contributed by atoms with Crippen molar-refractivity contribution in [1.29, 1.82) is 0 Å². The Kier molecular flexibility index (Phi) is 6.29. The maximum Gasteiger partial charge on any atom is 0.194 e. The maximum atomic E-state index is 5.64. The molecule has 2 saturated heterocycles. The minimum absolute atomic E-state index is 0.322. The summed E-state index contributed by atoms with van der Waals surface area (Å²) in [6.07, 6.45) is 2.34. The molecule has 1 atom stereocenters. The van der Waals surface area contributed by atoms with E-state index in [1.807, 2.05) is 12.1 Å². The van der Waals surface area contributed by atoms with Gasteiger partial charge in [0.25, 0.3) is 0 Å². The van der Waals surface area contributed by atoms with Gasteiger partial charge >= 0.3 is 0 Å². The Morgan fingerprint density at radius 3 is 2.85 bits per heavy atom. The number of hydrogen-bond acceptors (Lipinski definition) is 4. The van der Waals surface area contributed by atoms with Gasteiger partial charge in [0.15, 0.2) is 17.5 Å². The lowest BCUT2D eigenvalue weighted by Gasteiger charge is -2.25. The van der Waals surface area contributed by atoms with Gasteiger partial charge in [-0.15, -0.1) is 0 Å². The van der Waals surface area contributed by atoms with Crippen molar-refractivity contribution < 1.29 is 14.2 Å². The van der Waals surface area contributed by atoms with E-state index in [0.717, 1.165) is 55.3 Å². The topological polar surface area (TPSA) is 55.3 Å². The van der Waals surface area contributed by atoms with Gasteiger partial charge in [0, 0.05) is 31.7 Å². The third-order valence-electron chi connectivity index (χ3n) is 5.16. The average molecular weight is 426 g/mol. The van der Waals surface area contributed by atoms with Crippen LogP contribution < -0.4 is 14.8 Å². The molecule has 1 aromatic carbocycles. The lowest BCUT2D eigenvalue weighted by atomic mass is 9.87. The zero-order valence-electron chi connectivity index (χ0n) is 15.8. The summed E-state index contributed by atoms with van der Waals surface area (Å²) in [7, 11) is 3.29. The van der Waals surface area contributed by atoms with Crippen LogP contribution in [0.15, 0.2) is 21.6 Å². The second-order valence-corrected chi connectivity index (χ2v) is 7.81. The normalized spacial score (nSPS) is 22.9. The molecular weight excluding hydrogens is 398 g/mol. The lowest BCUT2D eigenvalue weighted by Crippen LogP contribution is -2.41. The number of methoxy groups -OCH3 is 2. The third kappa shape index (κ3) is 4.09. The average Bonchev–Trinajstić information content (AvgIpc) is 3.28. The van der Waals surface area contributed by atoms with Crippen LogP contribution in [0.25, 0.3) is 0 Å². The molecule has 2 aliphatic heterocycles. The van der Waals surface area contributed by atoms with Gasteiger partial charge in [-0.05, 0) is 53.4 Å². The number of guanidine groups is 1. The van der Waals surface area contributed by atoms with E-state index in [0.29, 0.717) is 23.5 Å². The van der Waals surface area contributed by atoms with Crippen LogP contribution in [0, 0.1) is 5.41 Å². The second kappa shape index (κ2) is 8.48. The summed E-state index contributed by atoms with van der Waals surface area (Å²) < 4.78 is 17.3. The molecule has 26 heavy (non-hydrogen) atoms. The van der Waals surface area contributed by atoms with Crippen LogP contribution in [-0.2, 0) is 11.3 Å². The van der Waals surface area contributed by atoms with E-state index in [1.165, 1.54) is 6.42 Å². The summed E-state index contributed by atoms with van der Waals surface area (Å²) >= 11 is 3.55. The number of likely N-dealkylation sites (tertiary alicyclic amines) is 1. The number of benzene rings is 1. The van der Waals surface area contributed by atoms with Gasteiger partial charge in [0.05, 0.1) is 31.8 Å². The number of nitrogens with one attached hydrogen (secondary N) is 1. The highest BCUT2D eigenvalue weighted by molar-refractivity contribution is 9.10. The Labute approximate surface area is 164 Å². The number of rotatable bonds is 5. The molecule has 1 spiro atoms. The highest BCUT2D eigenvalue weighted by Gasteiger charge is 2.42. The monoisotopic (exact) mass is 425 g/mol. The van der Waals surface area contributed by atoms with Gasteiger partial charge in [-0.25, -0.2) is 4.99 Å². The van der Waals surface area contributed by atoms with Crippen LogP contribution in [-0.4, -0.2) is 57.9 Å². The van der Waals surface area contributed by atoms with Gasteiger partial charge in [0.2, 0.25) is 0 Å². The zero-order valence-corrected chi connectivity index (χ0v) is 17.4. The van der Waals surface area contributed by atoms with Gasteiger partial charge in [0.1, 0.15) is 0 Å². The standard InChI is InChI=1S/C19H28BrN3O3/c1-4-21-18(23-7-5-19(12-23)6-8-26-13-19)22-11-14-9-15(20)17(25-3)16(10-14)24-2/h9-10H,4-8,11-13H2,1-3H3,(H,21,22). The highest BCUT2D eigenvalue weighted by atomic mass is 79.9. The molecule has 1 unspecified atom stereocenters. The largest absolute Gasteiger partial charge is 0.493 e. The molecule has 0 bridgehead atoms. The molecule has 0 amide bonds. The first-order valence-corrected chi connectivity index (χ1v) is 9.91. The smallest absolute Gasteiger partial charge is 0.194 e. The van der Waals surface area contributed by atoms with Gasteiger partial charge < -0.3 is 24.4 Å². The number of nitrogens with zero attached hydrogens (tertiary/aromatic N) is 2. The number of ether oxygens (including phenoxy) is 3. The van der Waals surface area contributed by atoms with Crippen LogP contribution in [0.2, 0.25) is 0 Å². The fraction of sp³-hybridized carbons (Fsp3) is 0.632. The summed E-state index contributed by atoms with van der Waals surface area (Å²) in [6, 6.07) is 4.01. The quantitative estimate of drug-likeness (QED) is 0.580. The molecule has 2 heterocycles. The predicted molar refractivity (Wildman–Crippen MR) is 106 cm³/mol. The van der Waals surface area contributed by atoms with Gasteiger partial charge in [-0.1, -0.05) is 0 Å². The summed E-state index contributed by atoms with van der Waals surface area (Å²) in [5.41, 5.74) is 1.39. The van der Waals surface area contributed by atoms with Crippen LogP contribution in [0.3, 0.4) is 0 Å². The number of halogens is 1. The maximum absolute atomic E-state index is 5.64. The molecule has 144 valence electrons. The molecule has 2 fully saturated rings. The van der Waals surface area contributed by atoms with Gasteiger partial charge in [-0.2, -0.15) is 0 Å². The predicted octanol–water partition coefficient (Wildman–Crippen LogP) is 3.04. The van der Waals surface area contributed by atoms with Crippen molar-refractivity contribution >= 4 is 21.9 Å². The molecule has 0 aromatic heterocycles. The van der Waals surface area contributed by atoms with E-state index < -0.39 is 0 Å². The highest BCUT2D eigenvalue weighted by Crippen LogP contribution is 2.38. The fourth-order valence-electron chi connectivity index (χ4n) is 3.74.